The van der Waals surface area contributed by atoms with Crippen molar-refractivity contribution in [1.82, 2.24) is 0 Å². The zero-order chi connectivity index (χ0) is 17.5. The molecule has 0 spiro atoms. The van der Waals surface area contributed by atoms with Gasteiger partial charge in [-0.25, -0.2) is 0 Å². The summed E-state index contributed by atoms with van der Waals surface area (Å²) in [4.78, 5) is 0. The second-order valence-electron chi connectivity index (χ2n) is 7.03. The van der Waals surface area contributed by atoms with E-state index in [1.807, 2.05) is 0 Å². The number of ether oxygens (including phenoxy) is 1. The average molecular weight is 482 g/mol. The van der Waals surface area contributed by atoms with E-state index >= 15 is 0 Å². The molecule has 0 saturated carbocycles. The maximum Gasteiger partial charge on any atom is 0.0788 e. The van der Waals surface area contributed by atoms with Crippen LogP contribution >= 0.6 is 46.1 Å². The lowest BCUT2D eigenvalue weighted by molar-refractivity contribution is 0.0320. The number of hydrogen-bond donors (Lipinski definition) is 1. The van der Waals surface area contributed by atoms with Gasteiger partial charge < -0.3 is 9.84 Å². The molecule has 2 heterocycles. The molecule has 2 rings (SSSR count). The Hall–Kier alpha value is 0.830. The van der Waals surface area contributed by atoms with E-state index < -0.39 is 0 Å². The van der Waals surface area contributed by atoms with Gasteiger partial charge >= 0.3 is 0 Å². The van der Waals surface area contributed by atoms with Crippen LogP contribution in [0.15, 0.2) is 22.3 Å². The molecule has 4 atom stereocenters. The first-order valence-corrected chi connectivity index (χ1v) is 12.2. The molecule has 0 bridgehead atoms. The summed E-state index contributed by atoms with van der Waals surface area (Å²) in [5.41, 5.74) is 1.22. The number of allylic oxidation sites excluding steroid dienone is 1. The lowest BCUT2D eigenvalue weighted by Gasteiger charge is -2.22. The minimum absolute atomic E-state index is 0.148. The van der Waals surface area contributed by atoms with Crippen LogP contribution in [0.4, 0.5) is 0 Å². The molecule has 2 saturated heterocycles. The maximum absolute atomic E-state index is 10.2. The van der Waals surface area contributed by atoms with Gasteiger partial charge in [0.1, 0.15) is 0 Å². The molecule has 1 N–H and O–H groups in total. The van der Waals surface area contributed by atoms with Crippen LogP contribution in [0.1, 0.15) is 51.9 Å². The second kappa shape index (κ2) is 10.9. The highest BCUT2D eigenvalue weighted by Crippen LogP contribution is 2.37. The molecule has 0 amide bonds. The summed E-state index contributed by atoms with van der Waals surface area (Å²) in [6, 6.07) is 0. The van der Waals surface area contributed by atoms with E-state index in [9.17, 15) is 5.11 Å². The monoisotopic (exact) mass is 482 g/mol. The average Bonchev–Trinajstić information content (AvgIpc) is 2.92. The zero-order valence-electron chi connectivity index (χ0n) is 14.7. The summed E-state index contributed by atoms with van der Waals surface area (Å²) in [7, 11) is 0. The summed E-state index contributed by atoms with van der Waals surface area (Å²) in [5, 5.41) is 10.2. The summed E-state index contributed by atoms with van der Waals surface area (Å²) >= 11 is 6.48. The molecule has 1 unspecified atom stereocenters. The number of halogens is 1. The van der Waals surface area contributed by atoms with Crippen LogP contribution in [-0.2, 0) is 4.74 Å². The van der Waals surface area contributed by atoms with E-state index in [0.29, 0.717) is 12.0 Å². The van der Waals surface area contributed by atoms with Crippen LogP contribution in [-0.4, -0.2) is 39.5 Å². The van der Waals surface area contributed by atoms with Crippen LogP contribution in [0.3, 0.4) is 0 Å². The molecule has 2 nitrogen and oxygen atoms in total. The summed E-state index contributed by atoms with van der Waals surface area (Å²) in [6.07, 6.45) is 7.46. The van der Waals surface area contributed by atoms with Crippen molar-refractivity contribution in [3.8, 4) is 0 Å². The first-order chi connectivity index (χ1) is 11.5. The van der Waals surface area contributed by atoms with Gasteiger partial charge in [0, 0.05) is 0 Å². The van der Waals surface area contributed by atoms with Crippen LogP contribution in [0.2, 0.25) is 0 Å². The van der Waals surface area contributed by atoms with E-state index in [4.69, 9.17) is 4.74 Å². The molecule has 0 aromatic carbocycles. The van der Waals surface area contributed by atoms with E-state index in [0.717, 1.165) is 40.3 Å². The van der Waals surface area contributed by atoms with Crippen LogP contribution in [0, 0.1) is 5.92 Å². The number of aliphatic hydroxyl groups excluding tert-OH is 1. The van der Waals surface area contributed by atoms with E-state index in [1.165, 1.54) is 29.9 Å². The molecule has 2 aliphatic heterocycles. The standard InChI is InChI=1S/C19H31IO2S2/c1-13(15(3)20)11-16(21)5-7-18-14(2)12-17(22-18)6-8-19-23-9-4-10-24-19/h13,16-19,21H,2-12H2,1H3/t13?,16-,17+,18+/m1/s1. The molecule has 0 radical (unpaired) electrons. The first kappa shape index (κ1) is 21.1. The fourth-order valence-electron chi connectivity index (χ4n) is 3.27. The number of rotatable bonds is 9. The fourth-order valence-corrected chi connectivity index (χ4v) is 6.42. The molecule has 0 aromatic heterocycles. The fraction of sp³-hybridized carbons (Fsp3) is 0.789. The van der Waals surface area contributed by atoms with Crippen LogP contribution in [0.5, 0.6) is 0 Å². The molecule has 138 valence electrons. The minimum atomic E-state index is -0.267. The Balaban J connectivity index is 1.65. The molecule has 2 aliphatic rings. The Labute approximate surface area is 169 Å². The van der Waals surface area contributed by atoms with Gasteiger partial charge in [0.05, 0.1) is 22.9 Å². The number of hydrogen-bond acceptors (Lipinski definition) is 4. The Morgan fingerprint density at radius 2 is 2.04 bits per heavy atom. The lowest BCUT2D eigenvalue weighted by Crippen LogP contribution is -2.18. The topological polar surface area (TPSA) is 29.5 Å². The second-order valence-corrected chi connectivity index (χ2v) is 11.3. The van der Waals surface area contributed by atoms with Gasteiger partial charge in [-0.1, -0.05) is 20.1 Å². The zero-order valence-corrected chi connectivity index (χ0v) is 18.5. The third-order valence-electron chi connectivity index (χ3n) is 4.84. The van der Waals surface area contributed by atoms with Crippen LogP contribution in [0.25, 0.3) is 0 Å². The first-order valence-electron chi connectivity index (χ1n) is 9.04. The molecule has 2 fully saturated rings. The van der Waals surface area contributed by atoms with Crippen molar-refractivity contribution in [2.75, 3.05) is 11.5 Å². The van der Waals surface area contributed by atoms with Crippen molar-refractivity contribution in [2.24, 2.45) is 5.92 Å². The highest BCUT2D eigenvalue weighted by molar-refractivity contribution is 14.1. The molecular weight excluding hydrogens is 451 g/mol. The Kier molecular flexibility index (Phi) is 9.56. The quantitative estimate of drug-likeness (QED) is 0.333. The van der Waals surface area contributed by atoms with Gasteiger partial charge in [0.2, 0.25) is 0 Å². The van der Waals surface area contributed by atoms with Gasteiger partial charge in [-0.15, -0.1) is 23.5 Å². The van der Waals surface area contributed by atoms with Gasteiger partial charge in [0.15, 0.2) is 0 Å². The lowest BCUT2D eigenvalue weighted by atomic mass is 9.97. The van der Waals surface area contributed by atoms with Gasteiger partial charge in [-0.3, -0.25) is 0 Å². The highest BCUT2D eigenvalue weighted by Gasteiger charge is 2.29. The number of thioether (sulfide) groups is 2. The summed E-state index contributed by atoms with van der Waals surface area (Å²) in [6.45, 7) is 10.3. The molecule has 24 heavy (non-hydrogen) atoms. The van der Waals surface area contributed by atoms with Gasteiger partial charge in [0.25, 0.3) is 0 Å². The summed E-state index contributed by atoms with van der Waals surface area (Å²) in [5.74, 6) is 3.00. The van der Waals surface area contributed by atoms with Crippen LogP contribution < -0.4 is 0 Å². The van der Waals surface area contributed by atoms with Crippen molar-refractivity contribution in [3.63, 3.8) is 0 Å². The Bertz CT molecular complexity index is 424. The minimum Gasteiger partial charge on any atom is -0.393 e. The molecular formula is C19H31IO2S2. The predicted octanol–water partition coefficient (Wildman–Crippen LogP) is 5.79. The van der Waals surface area contributed by atoms with Crippen molar-refractivity contribution >= 4 is 46.1 Å². The van der Waals surface area contributed by atoms with Gasteiger partial charge in [-0.05, 0) is 94.1 Å². The maximum atomic E-state index is 10.2. The van der Waals surface area contributed by atoms with Crippen molar-refractivity contribution in [1.29, 1.82) is 0 Å². The van der Waals surface area contributed by atoms with Crippen molar-refractivity contribution in [2.45, 2.75) is 74.8 Å². The Morgan fingerprint density at radius 1 is 1.33 bits per heavy atom. The third kappa shape index (κ3) is 7.22. The van der Waals surface area contributed by atoms with E-state index in [-0.39, 0.29) is 12.2 Å². The Morgan fingerprint density at radius 3 is 2.71 bits per heavy atom. The summed E-state index contributed by atoms with van der Waals surface area (Å²) < 4.78 is 8.10. The largest absolute Gasteiger partial charge is 0.393 e. The molecule has 0 aliphatic carbocycles. The number of aliphatic hydroxyl groups is 1. The predicted molar refractivity (Wildman–Crippen MR) is 117 cm³/mol. The van der Waals surface area contributed by atoms with E-state index in [2.05, 4.69) is 66.2 Å². The van der Waals surface area contributed by atoms with Gasteiger partial charge in [-0.2, -0.15) is 0 Å². The third-order valence-corrected chi connectivity index (χ3v) is 8.99. The SMILES string of the molecule is C=C(I)C(C)C[C@H](O)CC[C@@H]1O[C@@H](CCC2SCCCS2)CC1=C. The smallest absolute Gasteiger partial charge is 0.0788 e. The normalized spacial score (nSPS) is 28.0. The highest BCUT2D eigenvalue weighted by atomic mass is 127. The van der Waals surface area contributed by atoms with Crippen molar-refractivity contribution < 1.29 is 9.84 Å². The molecule has 0 aromatic rings. The molecule has 5 heteroatoms. The van der Waals surface area contributed by atoms with Crippen molar-refractivity contribution in [3.05, 3.63) is 22.3 Å². The van der Waals surface area contributed by atoms with E-state index in [1.54, 1.807) is 0 Å².